The van der Waals surface area contributed by atoms with Crippen molar-refractivity contribution in [2.75, 3.05) is 5.73 Å². The van der Waals surface area contributed by atoms with Crippen molar-refractivity contribution in [2.45, 2.75) is 5.51 Å². The van der Waals surface area contributed by atoms with Crippen LogP contribution in [-0.4, -0.2) is 13.9 Å². The van der Waals surface area contributed by atoms with Crippen LogP contribution in [0.4, 0.5) is 18.9 Å². The summed E-state index contributed by atoms with van der Waals surface area (Å²) < 4.78 is 60.9. The van der Waals surface area contributed by atoms with E-state index in [0.717, 1.165) is 12.1 Å². The molecule has 0 aliphatic heterocycles. The molecule has 0 aliphatic carbocycles. The van der Waals surface area contributed by atoms with E-state index in [-0.39, 0.29) is 10.7 Å². The average molecular weight is 276 g/mol. The molecular weight excluding hydrogens is 271 g/mol. The Balaban J connectivity index is 3.07. The molecule has 16 heavy (non-hydrogen) atoms. The fourth-order valence-electron chi connectivity index (χ4n) is 0.806. The molecule has 0 atom stereocenters. The van der Waals surface area contributed by atoms with Gasteiger partial charge in [0.25, 0.3) is 0 Å². The second kappa shape index (κ2) is 4.02. The largest absolute Gasteiger partial charge is 0.534 e. The highest BCUT2D eigenvalue weighted by Gasteiger charge is 2.48. The fourth-order valence-corrected chi connectivity index (χ4v) is 1.48. The van der Waals surface area contributed by atoms with Gasteiger partial charge in [0, 0.05) is 22.8 Å². The maximum atomic E-state index is 11.9. The molecule has 0 heterocycles. The molecule has 0 aliphatic rings. The Morgan fingerprint density at radius 2 is 1.81 bits per heavy atom. The highest BCUT2D eigenvalue weighted by molar-refractivity contribution is 7.88. The van der Waals surface area contributed by atoms with Gasteiger partial charge in [-0.2, -0.15) is 21.6 Å². The number of halogens is 4. The van der Waals surface area contributed by atoms with Crippen molar-refractivity contribution < 1.29 is 25.8 Å². The number of nitrogen functional groups attached to an aromatic ring is 1. The zero-order valence-electron chi connectivity index (χ0n) is 7.45. The first-order chi connectivity index (χ1) is 7.12. The van der Waals surface area contributed by atoms with Gasteiger partial charge in [-0.1, -0.05) is 11.6 Å². The van der Waals surface area contributed by atoms with Crippen molar-refractivity contribution >= 4 is 27.4 Å². The molecule has 0 unspecified atom stereocenters. The van der Waals surface area contributed by atoms with Crippen molar-refractivity contribution in [2.24, 2.45) is 0 Å². The number of alkyl halides is 3. The predicted octanol–water partition coefficient (Wildman–Crippen LogP) is 2.15. The Bertz CT molecular complexity index is 480. The monoisotopic (exact) mass is 275 g/mol. The van der Waals surface area contributed by atoms with E-state index in [4.69, 9.17) is 17.3 Å². The maximum absolute atomic E-state index is 11.9. The molecule has 9 heteroatoms. The number of hydrogen-bond donors (Lipinski definition) is 1. The molecule has 4 nitrogen and oxygen atoms in total. The van der Waals surface area contributed by atoms with E-state index >= 15 is 0 Å². The molecule has 0 saturated heterocycles. The van der Waals surface area contributed by atoms with Crippen LogP contribution in [0.2, 0.25) is 5.02 Å². The van der Waals surface area contributed by atoms with Crippen molar-refractivity contribution in [1.82, 2.24) is 0 Å². The van der Waals surface area contributed by atoms with E-state index in [1.807, 2.05) is 0 Å². The van der Waals surface area contributed by atoms with Crippen LogP contribution in [0.1, 0.15) is 0 Å². The Hall–Kier alpha value is -1.15. The lowest BCUT2D eigenvalue weighted by Crippen LogP contribution is -2.28. The van der Waals surface area contributed by atoms with Crippen molar-refractivity contribution in [3.05, 3.63) is 23.2 Å². The third kappa shape index (κ3) is 2.92. The van der Waals surface area contributed by atoms with Gasteiger partial charge >= 0.3 is 15.6 Å². The first-order valence-corrected chi connectivity index (χ1v) is 5.47. The Morgan fingerprint density at radius 3 is 2.25 bits per heavy atom. The lowest BCUT2D eigenvalue weighted by Gasteiger charge is -2.09. The SMILES string of the molecule is Nc1cc(Cl)cc(OS(=O)(=O)C(F)(F)F)c1. The van der Waals surface area contributed by atoms with Gasteiger partial charge in [-0.3, -0.25) is 0 Å². The number of rotatable bonds is 2. The zero-order valence-corrected chi connectivity index (χ0v) is 9.03. The van der Waals surface area contributed by atoms with E-state index in [2.05, 4.69) is 4.18 Å². The molecule has 0 fully saturated rings. The molecule has 2 N–H and O–H groups in total. The molecule has 0 aromatic heterocycles. The van der Waals surface area contributed by atoms with Gasteiger partial charge in [0.2, 0.25) is 0 Å². The highest BCUT2D eigenvalue weighted by Crippen LogP contribution is 2.29. The van der Waals surface area contributed by atoms with Gasteiger partial charge in [0.05, 0.1) is 0 Å². The standard InChI is InChI=1S/C7H5ClF3NO3S/c8-4-1-5(12)3-6(2-4)15-16(13,14)7(9,10)11/h1-3H,12H2. The van der Waals surface area contributed by atoms with Crippen LogP contribution >= 0.6 is 11.6 Å². The minimum atomic E-state index is -5.70. The van der Waals surface area contributed by atoms with Gasteiger partial charge in [-0.15, -0.1) is 0 Å². The second-order valence-corrected chi connectivity index (χ2v) is 4.68. The van der Waals surface area contributed by atoms with Crippen LogP contribution < -0.4 is 9.92 Å². The molecule has 1 aromatic carbocycles. The highest BCUT2D eigenvalue weighted by atomic mass is 35.5. The number of nitrogens with two attached hydrogens (primary N) is 1. The number of benzene rings is 1. The summed E-state index contributed by atoms with van der Waals surface area (Å²) in [5.74, 6) is -0.595. The van der Waals surface area contributed by atoms with Crippen molar-refractivity contribution in [3.63, 3.8) is 0 Å². The van der Waals surface area contributed by atoms with Crippen molar-refractivity contribution in [1.29, 1.82) is 0 Å². The van der Waals surface area contributed by atoms with Gasteiger partial charge in [-0.05, 0) is 6.07 Å². The molecule has 1 aromatic rings. The van der Waals surface area contributed by atoms with Gasteiger partial charge < -0.3 is 9.92 Å². The van der Waals surface area contributed by atoms with E-state index in [1.54, 1.807) is 0 Å². The first kappa shape index (κ1) is 12.9. The van der Waals surface area contributed by atoms with E-state index < -0.39 is 21.4 Å². The van der Waals surface area contributed by atoms with E-state index in [0.29, 0.717) is 0 Å². The maximum Gasteiger partial charge on any atom is 0.534 e. The lowest BCUT2D eigenvalue weighted by atomic mass is 10.3. The summed E-state index contributed by atoms with van der Waals surface area (Å²) in [6.45, 7) is 0. The Labute approximate surface area is 93.9 Å². The van der Waals surface area contributed by atoms with Crippen LogP contribution in [0.25, 0.3) is 0 Å². The quantitative estimate of drug-likeness (QED) is 0.510. The summed E-state index contributed by atoms with van der Waals surface area (Å²) in [4.78, 5) is 0. The Morgan fingerprint density at radius 1 is 1.25 bits per heavy atom. The summed E-state index contributed by atoms with van der Waals surface area (Å²) in [5, 5.41) is -0.0348. The molecule has 0 amide bonds. The number of anilines is 1. The topological polar surface area (TPSA) is 69.4 Å². The van der Waals surface area contributed by atoms with E-state index in [1.165, 1.54) is 6.07 Å². The zero-order chi connectivity index (χ0) is 12.6. The summed E-state index contributed by atoms with van der Waals surface area (Å²) >= 11 is 5.46. The minimum absolute atomic E-state index is 0.0140. The minimum Gasteiger partial charge on any atom is -0.399 e. The van der Waals surface area contributed by atoms with Crippen LogP contribution in [0.5, 0.6) is 5.75 Å². The van der Waals surface area contributed by atoms with Crippen LogP contribution in [0, 0.1) is 0 Å². The molecule has 1 rings (SSSR count). The van der Waals surface area contributed by atoms with Gasteiger partial charge in [0.1, 0.15) is 5.75 Å². The third-order valence-corrected chi connectivity index (χ3v) is 2.58. The Kier molecular flexibility index (Phi) is 3.25. The molecule has 90 valence electrons. The first-order valence-electron chi connectivity index (χ1n) is 3.68. The molecular formula is C7H5ClF3NO3S. The number of hydrogen-bond acceptors (Lipinski definition) is 4. The molecule has 0 spiro atoms. The molecule has 0 bridgehead atoms. The molecule has 0 radical (unpaired) electrons. The average Bonchev–Trinajstić information content (AvgIpc) is 1.97. The van der Waals surface area contributed by atoms with Crippen LogP contribution in [0.15, 0.2) is 18.2 Å². The lowest BCUT2D eigenvalue weighted by molar-refractivity contribution is -0.0500. The molecule has 0 saturated carbocycles. The third-order valence-electron chi connectivity index (χ3n) is 1.38. The van der Waals surface area contributed by atoms with E-state index in [9.17, 15) is 21.6 Å². The summed E-state index contributed by atoms with van der Waals surface area (Å²) in [6.07, 6.45) is 0. The summed E-state index contributed by atoms with van der Waals surface area (Å²) in [7, 11) is -5.70. The fraction of sp³-hybridized carbons (Fsp3) is 0.143. The van der Waals surface area contributed by atoms with Gasteiger partial charge in [0.15, 0.2) is 0 Å². The van der Waals surface area contributed by atoms with Crippen LogP contribution in [-0.2, 0) is 10.1 Å². The summed E-state index contributed by atoms with van der Waals surface area (Å²) in [5.41, 5.74) is -0.263. The normalized spacial score (nSPS) is 12.5. The van der Waals surface area contributed by atoms with Crippen molar-refractivity contribution in [3.8, 4) is 5.75 Å². The predicted molar refractivity (Wildman–Crippen MR) is 51.5 cm³/mol. The smallest absolute Gasteiger partial charge is 0.399 e. The summed E-state index contributed by atoms with van der Waals surface area (Å²) in [6, 6.07) is 3.05. The second-order valence-electron chi connectivity index (χ2n) is 2.70. The van der Waals surface area contributed by atoms with Crippen LogP contribution in [0.3, 0.4) is 0 Å². The van der Waals surface area contributed by atoms with Gasteiger partial charge in [-0.25, -0.2) is 0 Å².